The van der Waals surface area contributed by atoms with Gasteiger partial charge >= 0.3 is 0 Å². The zero-order valence-corrected chi connectivity index (χ0v) is 17.7. The van der Waals surface area contributed by atoms with E-state index in [1.165, 1.54) is 6.17 Å². The first kappa shape index (κ1) is 20.1. The van der Waals surface area contributed by atoms with E-state index >= 15 is 0 Å². The van der Waals surface area contributed by atoms with Crippen molar-refractivity contribution in [1.29, 1.82) is 0 Å². The molecule has 0 radical (unpaired) electrons. The fraction of sp³-hybridized carbons (Fsp3) is 0.882. The van der Waals surface area contributed by atoms with Crippen LogP contribution in [0.4, 0.5) is 0 Å². The van der Waals surface area contributed by atoms with Crippen molar-refractivity contribution < 1.29 is 0 Å². The number of nitrogens with zero attached hydrogens (tertiary/aromatic N) is 1. The fourth-order valence-corrected chi connectivity index (χ4v) is 14.8. The van der Waals surface area contributed by atoms with Crippen molar-refractivity contribution in [2.24, 2.45) is 0 Å². The lowest BCUT2D eigenvalue weighted by Crippen LogP contribution is -2.65. The third kappa shape index (κ3) is 4.08. The molecule has 1 nitrogen and oxygen atoms in total. The first-order valence-electron chi connectivity index (χ1n) is 8.33. The van der Waals surface area contributed by atoms with Gasteiger partial charge < -0.3 is 4.57 Å². The summed E-state index contributed by atoms with van der Waals surface area (Å²) in [7, 11) is -2.85. The van der Waals surface area contributed by atoms with Gasteiger partial charge in [0, 0.05) is 0 Å². The highest BCUT2D eigenvalue weighted by atomic mass is 28.3. The molecular weight excluding hydrogens is 274 g/mol. The summed E-state index contributed by atoms with van der Waals surface area (Å²) in [5.74, 6) is 0. The second-order valence-electron chi connectivity index (χ2n) is 8.27. The molecular formula is C17H39NSi2. The van der Waals surface area contributed by atoms with Crippen molar-refractivity contribution in [2.45, 2.75) is 91.1 Å². The molecule has 0 bridgehead atoms. The fourth-order valence-electron chi connectivity index (χ4n) is 4.27. The van der Waals surface area contributed by atoms with Crippen molar-refractivity contribution in [3.05, 3.63) is 12.3 Å². The Morgan fingerprint density at radius 3 is 1.40 bits per heavy atom. The number of hydrogen-bond acceptors (Lipinski definition) is 1. The van der Waals surface area contributed by atoms with Crippen LogP contribution in [0.25, 0.3) is 0 Å². The predicted octanol–water partition coefficient (Wildman–Crippen LogP) is 5.85. The molecule has 3 heteroatoms. The van der Waals surface area contributed by atoms with E-state index in [0.29, 0.717) is 6.04 Å². The number of rotatable bonds is 8. The van der Waals surface area contributed by atoms with Crippen molar-refractivity contribution in [3.8, 4) is 0 Å². The molecule has 0 aliphatic heterocycles. The SMILES string of the molecule is C=C[Si](C)(C)CN(C(C)C)[Si](C(C)C)(C(C)C)C(C)C. The Hall–Kier alpha value is 0.134. The zero-order chi connectivity index (χ0) is 16.3. The molecule has 0 spiro atoms. The molecule has 20 heavy (non-hydrogen) atoms. The zero-order valence-electron chi connectivity index (χ0n) is 15.7. The first-order chi connectivity index (χ1) is 8.93. The van der Waals surface area contributed by atoms with Crippen LogP contribution in [0, 0.1) is 0 Å². The summed E-state index contributed by atoms with van der Waals surface area (Å²) in [5.41, 5.74) is 4.64. The Bertz CT molecular complexity index is 284. The van der Waals surface area contributed by atoms with E-state index in [9.17, 15) is 0 Å². The Morgan fingerprint density at radius 2 is 1.20 bits per heavy atom. The lowest BCUT2D eigenvalue weighted by Gasteiger charge is -2.54. The molecule has 120 valence electrons. The minimum atomic E-state index is -1.53. The second kappa shape index (κ2) is 7.41. The summed E-state index contributed by atoms with van der Waals surface area (Å²) in [4.78, 5) is 0. The van der Waals surface area contributed by atoms with Crippen molar-refractivity contribution in [1.82, 2.24) is 4.57 Å². The van der Waals surface area contributed by atoms with E-state index in [1.54, 1.807) is 0 Å². The van der Waals surface area contributed by atoms with Crippen LogP contribution in [0.3, 0.4) is 0 Å². The third-order valence-electron chi connectivity index (χ3n) is 5.03. The van der Waals surface area contributed by atoms with Gasteiger partial charge in [0.2, 0.25) is 0 Å². The van der Waals surface area contributed by atoms with Crippen molar-refractivity contribution >= 4 is 16.3 Å². The molecule has 0 saturated carbocycles. The average Bonchev–Trinajstić information content (AvgIpc) is 2.26. The van der Waals surface area contributed by atoms with E-state index in [4.69, 9.17) is 0 Å². The van der Waals surface area contributed by atoms with Gasteiger partial charge in [0.1, 0.15) is 8.24 Å². The normalized spacial score (nSPS) is 14.2. The van der Waals surface area contributed by atoms with Crippen LogP contribution in [0.5, 0.6) is 0 Å². The highest BCUT2D eigenvalue weighted by Crippen LogP contribution is 2.45. The summed E-state index contributed by atoms with van der Waals surface area (Å²) >= 11 is 0. The largest absolute Gasteiger partial charge is 0.323 e. The third-order valence-corrected chi connectivity index (χ3v) is 14.8. The van der Waals surface area contributed by atoms with Gasteiger partial charge in [-0.05, 0) is 28.8 Å². The molecule has 0 aliphatic rings. The second-order valence-corrected chi connectivity index (χ2v) is 18.8. The van der Waals surface area contributed by atoms with E-state index in [0.717, 1.165) is 16.6 Å². The van der Waals surface area contributed by atoms with E-state index in [2.05, 4.69) is 85.3 Å². The highest BCUT2D eigenvalue weighted by molar-refractivity contribution is 6.86. The lowest BCUT2D eigenvalue weighted by molar-refractivity contribution is 0.366. The molecule has 0 rings (SSSR count). The van der Waals surface area contributed by atoms with Crippen LogP contribution in [0.15, 0.2) is 12.3 Å². The highest BCUT2D eigenvalue weighted by Gasteiger charge is 2.49. The molecule has 0 amide bonds. The summed E-state index contributed by atoms with van der Waals surface area (Å²) in [6.45, 7) is 28.6. The van der Waals surface area contributed by atoms with Gasteiger partial charge in [0.05, 0.1) is 8.07 Å². The Labute approximate surface area is 130 Å². The Kier molecular flexibility index (Phi) is 7.46. The lowest BCUT2D eigenvalue weighted by atomic mass is 10.4. The Balaban J connectivity index is 5.85. The molecule has 0 saturated heterocycles. The van der Waals surface area contributed by atoms with Gasteiger partial charge in [0.15, 0.2) is 0 Å². The minimum Gasteiger partial charge on any atom is -0.323 e. The van der Waals surface area contributed by atoms with Gasteiger partial charge in [-0.3, -0.25) is 0 Å². The molecule has 0 aromatic rings. The molecule has 0 unspecified atom stereocenters. The van der Waals surface area contributed by atoms with E-state index in [1.807, 2.05) is 0 Å². The maximum Gasteiger partial charge on any atom is 0.136 e. The predicted molar refractivity (Wildman–Crippen MR) is 101 cm³/mol. The summed E-state index contributed by atoms with van der Waals surface area (Å²) in [6, 6.07) is 0.639. The minimum absolute atomic E-state index is 0.639. The first-order valence-corrected chi connectivity index (χ1v) is 13.8. The number of hydrogen-bond donors (Lipinski definition) is 0. The van der Waals surface area contributed by atoms with Crippen LogP contribution in [0.1, 0.15) is 55.4 Å². The van der Waals surface area contributed by atoms with Crippen LogP contribution in [-0.2, 0) is 0 Å². The van der Waals surface area contributed by atoms with Crippen LogP contribution >= 0.6 is 0 Å². The smallest absolute Gasteiger partial charge is 0.136 e. The average molecular weight is 314 g/mol. The van der Waals surface area contributed by atoms with Crippen molar-refractivity contribution in [3.63, 3.8) is 0 Å². The quantitative estimate of drug-likeness (QED) is 0.508. The molecule has 0 atom stereocenters. The molecule has 0 heterocycles. The molecule has 0 aromatic heterocycles. The van der Waals surface area contributed by atoms with Gasteiger partial charge in [0.25, 0.3) is 0 Å². The molecule has 0 aliphatic carbocycles. The van der Waals surface area contributed by atoms with Gasteiger partial charge in [-0.25, -0.2) is 0 Å². The van der Waals surface area contributed by atoms with Crippen LogP contribution in [-0.4, -0.2) is 33.1 Å². The molecule has 0 fully saturated rings. The molecule has 0 N–H and O–H groups in total. The standard InChI is InChI=1S/C17H39NSi2/c1-12-19(10,11)13-18(14(2)3)20(15(4)5,16(6)7)17(8)9/h12,14-17H,1,13H2,2-11H3. The summed E-state index contributed by atoms with van der Waals surface area (Å²) < 4.78 is 2.95. The summed E-state index contributed by atoms with van der Waals surface area (Å²) in [6.07, 6.45) is 1.27. The van der Waals surface area contributed by atoms with E-state index < -0.39 is 16.3 Å². The van der Waals surface area contributed by atoms with Gasteiger partial charge in [-0.1, -0.05) is 68.5 Å². The van der Waals surface area contributed by atoms with Crippen LogP contribution < -0.4 is 0 Å². The van der Waals surface area contributed by atoms with Gasteiger partial charge in [-0.2, -0.15) is 0 Å². The monoisotopic (exact) mass is 313 g/mol. The van der Waals surface area contributed by atoms with E-state index in [-0.39, 0.29) is 0 Å². The maximum atomic E-state index is 4.11. The topological polar surface area (TPSA) is 3.24 Å². The van der Waals surface area contributed by atoms with Gasteiger partial charge in [-0.15, -0.1) is 12.3 Å². The maximum absolute atomic E-state index is 4.11. The van der Waals surface area contributed by atoms with Crippen molar-refractivity contribution in [2.75, 3.05) is 6.17 Å². The summed E-state index contributed by atoms with van der Waals surface area (Å²) in [5, 5.41) is 0. The molecule has 0 aromatic carbocycles. The Morgan fingerprint density at radius 1 is 0.850 bits per heavy atom. The van der Waals surface area contributed by atoms with Crippen LogP contribution in [0.2, 0.25) is 29.7 Å².